The summed E-state index contributed by atoms with van der Waals surface area (Å²) in [5.74, 6) is 0.247. The fourth-order valence-electron chi connectivity index (χ4n) is 3.93. The van der Waals surface area contributed by atoms with Gasteiger partial charge in [-0.25, -0.2) is 0 Å². The first-order chi connectivity index (χ1) is 11.0. The number of piperidine rings is 1. The summed E-state index contributed by atoms with van der Waals surface area (Å²) in [7, 11) is 0. The van der Waals surface area contributed by atoms with Gasteiger partial charge in [0.2, 0.25) is 5.91 Å². The van der Waals surface area contributed by atoms with Crippen LogP contribution >= 0.6 is 0 Å². The minimum Gasteiger partial charge on any atom is -0.464 e. The summed E-state index contributed by atoms with van der Waals surface area (Å²) in [5.41, 5.74) is 5.59. The highest BCUT2D eigenvalue weighted by Crippen LogP contribution is 2.31. The number of carbonyl (C=O) groups is 1. The number of aryl methyl sites for hydroxylation is 3. The molecule has 1 aliphatic heterocycles. The van der Waals surface area contributed by atoms with Gasteiger partial charge in [0.05, 0.1) is 12.7 Å². The molecule has 1 unspecified atom stereocenters. The summed E-state index contributed by atoms with van der Waals surface area (Å²) in [6.45, 7) is 9.39. The third-order valence-corrected chi connectivity index (χ3v) is 5.39. The molecule has 1 aromatic heterocycles. The first-order valence-electron chi connectivity index (χ1n) is 8.79. The molecule has 1 saturated heterocycles. The van der Waals surface area contributed by atoms with Crippen LogP contribution in [0.3, 0.4) is 0 Å². The molecule has 23 heavy (non-hydrogen) atoms. The van der Waals surface area contributed by atoms with Crippen LogP contribution in [-0.2, 0) is 11.2 Å². The van der Waals surface area contributed by atoms with Crippen LogP contribution in [0.15, 0.2) is 16.7 Å². The second kappa shape index (κ2) is 6.38. The molecule has 1 fully saturated rings. The molecule has 0 saturated carbocycles. The van der Waals surface area contributed by atoms with Crippen LogP contribution in [0.4, 0.5) is 0 Å². The van der Waals surface area contributed by atoms with Crippen molar-refractivity contribution in [3.63, 3.8) is 0 Å². The average molecular weight is 313 g/mol. The van der Waals surface area contributed by atoms with Gasteiger partial charge in [0.15, 0.2) is 0 Å². The molecule has 3 heteroatoms. The largest absolute Gasteiger partial charge is 0.464 e. The highest BCUT2D eigenvalue weighted by atomic mass is 16.3. The Hall–Kier alpha value is -1.77. The molecule has 124 valence electrons. The summed E-state index contributed by atoms with van der Waals surface area (Å²) in [4.78, 5) is 14.9. The number of benzene rings is 1. The van der Waals surface area contributed by atoms with E-state index < -0.39 is 0 Å². The van der Waals surface area contributed by atoms with Gasteiger partial charge < -0.3 is 9.32 Å². The maximum Gasteiger partial charge on any atom is 0.227 e. The molecule has 1 atom stereocenters. The van der Waals surface area contributed by atoms with Crippen molar-refractivity contribution in [2.24, 2.45) is 0 Å². The average Bonchev–Trinajstić information content (AvgIpc) is 2.97. The zero-order valence-electron chi connectivity index (χ0n) is 14.7. The Morgan fingerprint density at radius 3 is 2.78 bits per heavy atom. The van der Waals surface area contributed by atoms with E-state index in [-0.39, 0.29) is 5.91 Å². The Kier molecular flexibility index (Phi) is 4.47. The minimum atomic E-state index is 0.247. The predicted molar refractivity (Wildman–Crippen MR) is 93.8 cm³/mol. The Morgan fingerprint density at radius 1 is 1.26 bits per heavy atom. The molecule has 3 nitrogen and oxygen atoms in total. The van der Waals surface area contributed by atoms with Crippen LogP contribution in [0, 0.1) is 20.8 Å². The van der Waals surface area contributed by atoms with Gasteiger partial charge in [0.25, 0.3) is 0 Å². The van der Waals surface area contributed by atoms with Gasteiger partial charge >= 0.3 is 0 Å². The molecule has 0 aliphatic carbocycles. The van der Waals surface area contributed by atoms with Crippen LogP contribution in [0.2, 0.25) is 0 Å². The standard InChI is InChI=1S/C20H27NO2/c1-5-17-8-6-7-9-21(17)18(22)11-16-12-23-20-15(4)13(2)10-14(3)19(16)20/h10,12,17H,5-9,11H2,1-4H3. The third kappa shape index (κ3) is 2.89. The lowest BCUT2D eigenvalue weighted by Crippen LogP contribution is -2.44. The van der Waals surface area contributed by atoms with Crippen LogP contribution in [0.1, 0.15) is 54.9 Å². The van der Waals surface area contributed by atoms with Crippen molar-refractivity contribution in [1.29, 1.82) is 0 Å². The number of carbonyl (C=O) groups excluding carboxylic acids is 1. The predicted octanol–water partition coefficient (Wildman–Crippen LogP) is 4.69. The first kappa shape index (κ1) is 16.1. The molecule has 1 aromatic carbocycles. The normalized spacial score (nSPS) is 18.6. The highest BCUT2D eigenvalue weighted by molar-refractivity contribution is 5.92. The van der Waals surface area contributed by atoms with Crippen LogP contribution in [-0.4, -0.2) is 23.4 Å². The first-order valence-corrected chi connectivity index (χ1v) is 8.79. The summed E-state index contributed by atoms with van der Waals surface area (Å²) in [5, 5.41) is 1.13. The van der Waals surface area contributed by atoms with Crippen LogP contribution < -0.4 is 0 Å². The van der Waals surface area contributed by atoms with Crippen molar-refractivity contribution in [3.8, 4) is 0 Å². The van der Waals surface area contributed by atoms with Gasteiger partial charge in [-0.2, -0.15) is 0 Å². The lowest BCUT2D eigenvalue weighted by molar-refractivity contribution is -0.134. The second-order valence-electron chi connectivity index (χ2n) is 6.92. The molecule has 1 aliphatic rings. The van der Waals surface area contributed by atoms with E-state index in [9.17, 15) is 4.79 Å². The molecular formula is C20H27NO2. The topological polar surface area (TPSA) is 33.5 Å². The van der Waals surface area contributed by atoms with Crippen molar-refractivity contribution >= 4 is 16.9 Å². The molecular weight excluding hydrogens is 286 g/mol. The second-order valence-corrected chi connectivity index (χ2v) is 6.92. The zero-order valence-corrected chi connectivity index (χ0v) is 14.7. The van der Waals surface area contributed by atoms with Gasteiger partial charge in [0.1, 0.15) is 5.58 Å². The Morgan fingerprint density at radius 2 is 2.04 bits per heavy atom. The molecule has 0 N–H and O–H groups in total. The van der Waals surface area contributed by atoms with E-state index in [0.29, 0.717) is 12.5 Å². The van der Waals surface area contributed by atoms with Crippen molar-refractivity contribution in [1.82, 2.24) is 4.90 Å². The van der Waals surface area contributed by atoms with Crippen LogP contribution in [0.25, 0.3) is 11.0 Å². The fraction of sp³-hybridized carbons (Fsp3) is 0.550. The summed E-state index contributed by atoms with van der Waals surface area (Å²) in [6.07, 6.45) is 6.81. The van der Waals surface area contributed by atoms with Crippen molar-refractivity contribution in [2.75, 3.05) is 6.54 Å². The molecule has 1 amide bonds. The number of rotatable bonds is 3. The van der Waals surface area contributed by atoms with Gasteiger partial charge in [-0.3, -0.25) is 4.79 Å². The van der Waals surface area contributed by atoms with Crippen molar-refractivity contribution < 1.29 is 9.21 Å². The van der Waals surface area contributed by atoms with Gasteiger partial charge in [0, 0.05) is 23.5 Å². The minimum absolute atomic E-state index is 0.247. The van der Waals surface area contributed by atoms with E-state index >= 15 is 0 Å². The van der Waals surface area contributed by atoms with Crippen molar-refractivity contribution in [3.05, 3.63) is 34.6 Å². The van der Waals surface area contributed by atoms with Gasteiger partial charge in [-0.1, -0.05) is 13.0 Å². The number of fused-ring (bicyclic) bond motifs is 1. The van der Waals surface area contributed by atoms with Gasteiger partial charge in [-0.15, -0.1) is 0 Å². The maximum atomic E-state index is 12.8. The number of hydrogen-bond acceptors (Lipinski definition) is 2. The zero-order chi connectivity index (χ0) is 16.6. The number of amides is 1. The number of likely N-dealkylation sites (tertiary alicyclic amines) is 1. The molecule has 0 radical (unpaired) electrons. The number of nitrogens with zero attached hydrogens (tertiary/aromatic N) is 1. The molecule has 3 rings (SSSR count). The third-order valence-electron chi connectivity index (χ3n) is 5.39. The molecule has 2 heterocycles. The molecule has 2 aromatic rings. The Bertz CT molecular complexity index is 729. The molecule has 0 spiro atoms. The fourth-order valence-corrected chi connectivity index (χ4v) is 3.93. The number of hydrogen-bond donors (Lipinski definition) is 0. The van der Waals surface area contributed by atoms with Crippen LogP contribution in [0.5, 0.6) is 0 Å². The van der Waals surface area contributed by atoms with E-state index in [1.165, 1.54) is 23.1 Å². The van der Waals surface area contributed by atoms with E-state index in [1.807, 2.05) is 0 Å². The SMILES string of the molecule is CCC1CCCCN1C(=O)Cc1coc2c(C)c(C)cc(C)c12. The number of furan rings is 1. The summed E-state index contributed by atoms with van der Waals surface area (Å²) in [6, 6.07) is 2.61. The maximum absolute atomic E-state index is 12.8. The summed E-state index contributed by atoms with van der Waals surface area (Å²) >= 11 is 0. The van der Waals surface area contributed by atoms with Crippen molar-refractivity contribution in [2.45, 2.75) is 65.8 Å². The highest BCUT2D eigenvalue weighted by Gasteiger charge is 2.26. The Balaban J connectivity index is 1.90. The smallest absolute Gasteiger partial charge is 0.227 e. The Labute approximate surface area is 138 Å². The lowest BCUT2D eigenvalue weighted by Gasteiger charge is -2.35. The van der Waals surface area contributed by atoms with Gasteiger partial charge in [-0.05, 0) is 63.1 Å². The van der Waals surface area contributed by atoms with E-state index in [1.54, 1.807) is 6.26 Å². The van der Waals surface area contributed by atoms with E-state index in [0.717, 1.165) is 42.3 Å². The molecule has 0 bridgehead atoms. The quantitative estimate of drug-likeness (QED) is 0.823. The lowest BCUT2D eigenvalue weighted by atomic mass is 9.97. The monoisotopic (exact) mass is 313 g/mol. The van der Waals surface area contributed by atoms with E-state index in [4.69, 9.17) is 4.42 Å². The summed E-state index contributed by atoms with van der Waals surface area (Å²) < 4.78 is 5.81. The van der Waals surface area contributed by atoms with E-state index in [2.05, 4.69) is 38.7 Å².